The molecular formula is C31H36F2N6O. The van der Waals surface area contributed by atoms with Crippen LogP contribution in [0.5, 0.6) is 0 Å². The third-order valence-electron chi connectivity index (χ3n) is 7.05. The van der Waals surface area contributed by atoms with Crippen LogP contribution in [0.25, 0.3) is 0 Å². The van der Waals surface area contributed by atoms with Crippen molar-refractivity contribution in [3.63, 3.8) is 0 Å². The van der Waals surface area contributed by atoms with Crippen molar-refractivity contribution >= 4 is 11.9 Å². The van der Waals surface area contributed by atoms with E-state index in [1.54, 1.807) is 6.92 Å². The molecule has 2 atom stereocenters. The Bertz CT molecular complexity index is 1330. The lowest BCUT2D eigenvalue weighted by Crippen LogP contribution is -2.45. The van der Waals surface area contributed by atoms with Gasteiger partial charge in [0.25, 0.3) is 0 Å². The molecule has 1 aliphatic heterocycles. The van der Waals surface area contributed by atoms with Crippen LogP contribution in [0.3, 0.4) is 0 Å². The third kappa shape index (κ3) is 7.24. The van der Waals surface area contributed by atoms with E-state index < -0.39 is 23.7 Å². The number of aliphatic imine (C=N–C) groups is 1. The predicted octanol–water partition coefficient (Wildman–Crippen LogP) is 4.17. The molecule has 40 heavy (non-hydrogen) atoms. The fourth-order valence-corrected chi connectivity index (χ4v) is 5.02. The van der Waals surface area contributed by atoms with Gasteiger partial charge in [0.1, 0.15) is 17.7 Å². The largest absolute Gasteiger partial charge is 0.383 e. The molecule has 4 rings (SSSR count). The lowest BCUT2D eigenvalue weighted by atomic mass is 10.0. The molecule has 9 heteroatoms. The predicted molar refractivity (Wildman–Crippen MR) is 154 cm³/mol. The number of nitrogens with one attached hydrogen (secondary N) is 2. The average molecular weight is 547 g/mol. The first-order chi connectivity index (χ1) is 19.2. The number of hydrogen-bond donors (Lipinski definition) is 4. The second-order valence-corrected chi connectivity index (χ2v) is 10.1. The van der Waals surface area contributed by atoms with Gasteiger partial charge in [-0.25, -0.2) is 8.78 Å². The zero-order chi connectivity index (χ0) is 28.6. The van der Waals surface area contributed by atoms with Crippen molar-refractivity contribution in [2.45, 2.75) is 51.5 Å². The Morgan fingerprint density at radius 3 is 2.23 bits per heavy atom. The molecule has 0 aliphatic carbocycles. The first-order valence-corrected chi connectivity index (χ1v) is 13.3. The van der Waals surface area contributed by atoms with Gasteiger partial charge in [0.05, 0.1) is 6.04 Å². The van der Waals surface area contributed by atoms with E-state index in [1.165, 1.54) is 23.3 Å². The zero-order valence-electron chi connectivity index (χ0n) is 22.7. The Balaban J connectivity index is 1.53. The minimum absolute atomic E-state index is 0.0133. The number of rotatable bonds is 12. The molecule has 3 aromatic carbocycles. The summed E-state index contributed by atoms with van der Waals surface area (Å²) >= 11 is 0. The molecule has 7 nitrogen and oxygen atoms in total. The normalized spacial score (nSPS) is 14.2. The fourth-order valence-electron chi connectivity index (χ4n) is 5.02. The summed E-state index contributed by atoms with van der Waals surface area (Å²) in [6, 6.07) is 19.3. The highest BCUT2D eigenvalue weighted by atomic mass is 19.1. The van der Waals surface area contributed by atoms with Crippen LogP contribution < -0.4 is 22.1 Å². The number of amides is 1. The Hall–Kier alpha value is -4.24. The van der Waals surface area contributed by atoms with E-state index in [1.807, 2.05) is 42.5 Å². The number of carbonyl (C=O) groups is 1. The number of nitrogens with zero attached hydrogens (tertiary/aromatic N) is 2. The summed E-state index contributed by atoms with van der Waals surface area (Å²) in [5.74, 6) is -1.48. The summed E-state index contributed by atoms with van der Waals surface area (Å²) in [7, 11) is 0. The molecule has 0 spiro atoms. The molecule has 1 amide bonds. The number of halogens is 2. The zero-order valence-corrected chi connectivity index (χ0v) is 22.7. The van der Waals surface area contributed by atoms with Gasteiger partial charge in [-0.15, -0.1) is 0 Å². The van der Waals surface area contributed by atoms with Gasteiger partial charge in [0.2, 0.25) is 5.91 Å². The van der Waals surface area contributed by atoms with E-state index in [4.69, 9.17) is 11.5 Å². The first-order valence-electron chi connectivity index (χ1n) is 13.3. The smallest absolute Gasteiger partial charge is 0.242 e. The summed E-state index contributed by atoms with van der Waals surface area (Å²) in [6.07, 6.45) is 1.02. The SMILES string of the molecule is C=C(NCc1c(F)cc(C)cc1F)C(CCCN=C(N)N)NC(=O)C(c1ccccc1)N1Cc2ccccc2C1. The van der Waals surface area contributed by atoms with Gasteiger partial charge in [-0.3, -0.25) is 14.7 Å². The van der Waals surface area contributed by atoms with E-state index >= 15 is 0 Å². The van der Waals surface area contributed by atoms with Crippen LogP contribution in [0.4, 0.5) is 8.78 Å². The summed E-state index contributed by atoms with van der Waals surface area (Å²) in [4.78, 5) is 20.1. The highest BCUT2D eigenvalue weighted by molar-refractivity contribution is 5.84. The van der Waals surface area contributed by atoms with Crippen molar-refractivity contribution in [3.05, 3.63) is 118 Å². The Labute approximate surface area is 234 Å². The van der Waals surface area contributed by atoms with Crippen molar-refractivity contribution in [3.8, 4) is 0 Å². The van der Waals surface area contributed by atoms with Gasteiger partial charge in [0, 0.05) is 37.4 Å². The van der Waals surface area contributed by atoms with Gasteiger partial charge < -0.3 is 22.1 Å². The highest BCUT2D eigenvalue weighted by Gasteiger charge is 2.33. The van der Waals surface area contributed by atoms with Crippen LogP contribution in [0.1, 0.15) is 46.7 Å². The minimum atomic E-state index is -0.635. The fraction of sp³-hybridized carbons (Fsp3) is 0.290. The van der Waals surface area contributed by atoms with Crippen LogP contribution in [-0.4, -0.2) is 29.4 Å². The molecule has 0 fully saturated rings. The highest BCUT2D eigenvalue weighted by Crippen LogP contribution is 2.32. The van der Waals surface area contributed by atoms with Crippen LogP contribution in [0.2, 0.25) is 0 Å². The molecule has 1 heterocycles. The maximum absolute atomic E-state index is 14.5. The summed E-state index contributed by atoms with van der Waals surface area (Å²) < 4.78 is 28.9. The number of aryl methyl sites for hydroxylation is 1. The monoisotopic (exact) mass is 546 g/mol. The quantitative estimate of drug-likeness (QED) is 0.155. The molecule has 210 valence electrons. The maximum atomic E-state index is 14.5. The van der Waals surface area contributed by atoms with E-state index in [0.717, 1.165) is 5.56 Å². The molecule has 3 aromatic rings. The number of nitrogens with two attached hydrogens (primary N) is 2. The van der Waals surface area contributed by atoms with Crippen molar-refractivity contribution < 1.29 is 13.6 Å². The maximum Gasteiger partial charge on any atom is 0.242 e. The minimum Gasteiger partial charge on any atom is -0.383 e. The summed E-state index contributed by atoms with van der Waals surface area (Å²) in [5, 5.41) is 6.17. The Morgan fingerprint density at radius 1 is 1.02 bits per heavy atom. The van der Waals surface area contributed by atoms with Gasteiger partial charge >= 0.3 is 0 Å². The molecule has 0 radical (unpaired) electrons. The van der Waals surface area contributed by atoms with E-state index in [0.29, 0.717) is 43.7 Å². The molecule has 0 bridgehead atoms. The number of guanidine groups is 1. The van der Waals surface area contributed by atoms with Crippen LogP contribution in [0, 0.1) is 18.6 Å². The summed E-state index contributed by atoms with van der Waals surface area (Å²) in [6.45, 7) is 7.28. The van der Waals surface area contributed by atoms with Crippen molar-refractivity contribution in [2.75, 3.05) is 6.54 Å². The molecule has 6 N–H and O–H groups in total. The van der Waals surface area contributed by atoms with Gasteiger partial charge in [0.15, 0.2) is 5.96 Å². The van der Waals surface area contributed by atoms with Crippen LogP contribution in [-0.2, 0) is 24.4 Å². The standard InChI is InChI=1S/C31H36F2N6O/c1-20-15-26(32)25(27(33)16-20)17-37-21(2)28(13-8-14-36-31(34)35)38-30(40)29(22-9-4-3-5-10-22)39-18-23-11-6-7-12-24(23)19-39/h3-7,9-12,15-16,28-29,37H,2,8,13-14,17-19H2,1H3,(H,38,40)(H4,34,35,36). The van der Waals surface area contributed by atoms with E-state index in [-0.39, 0.29) is 24.0 Å². The van der Waals surface area contributed by atoms with Crippen LogP contribution in [0.15, 0.2) is 84.0 Å². The molecule has 0 saturated carbocycles. The van der Waals surface area contributed by atoms with Gasteiger partial charge in [-0.2, -0.15) is 0 Å². The van der Waals surface area contributed by atoms with Crippen molar-refractivity contribution in [1.29, 1.82) is 0 Å². The first kappa shape index (κ1) is 28.8. The Morgan fingerprint density at radius 2 is 1.62 bits per heavy atom. The molecule has 0 saturated heterocycles. The second kappa shape index (κ2) is 13.2. The lowest BCUT2D eigenvalue weighted by molar-refractivity contribution is -0.127. The van der Waals surface area contributed by atoms with Gasteiger partial charge in [-0.05, 0) is 54.2 Å². The number of carbonyl (C=O) groups excluding carboxylic acids is 1. The lowest BCUT2D eigenvalue weighted by Gasteiger charge is -2.30. The van der Waals surface area contributed by atoms with Crippen molar-refractivity contribution in [1.82, 2.24) is 15.5 Å². The molecule has 1 aliphatic rings. The Kier molecular flexibility index (Phi) is 9.50. The van der Waals surface area contributed by atoms with Gasteiger partial charge in [-0.1, -0.05) is 61.2 Å². The third-order valence-corrected chi connectivity index (χ3v) is 7.05. The number of benzene rings is 3. The topological polar surface area (TPSA) is 109 Å². The average Bonchev–Trinajstić information content (AvgIpc) is 3.33. The molecule has 2 unspecified atom stereocenters. The summed E-state index contributed by atoms with van der Waals surface area (Å²) in [5.41, 5.74) is 15.0. The van der Waals surface area contributed by atoms with Crippen molar-refractivity contribution in [2.24, 2.45) is 16.5 Å². The number of fused-ring (bicyclic) bond motifs is 1. The van der Waals surface area contributed by atoms with E-state index in [2.05, 4.69) is 39.2 Å². The van der Waals surface area contributed by atoms with Crippen LogP contribution >= 0.6 is 0 Å². The van der Waals surface area contributed by atoms with E-state index in [9.17, 15) is 13.6 Å². The molecule has 0 aromatic heterocycles. The second-order valence-electron chi connectivity index (χ2n) is 10.1. The number of hydrogen-bond acceptors (Lipinski definition) is 4. The molecular weight excluding hydrogens is 510 g/mol.